The summed E-state index contributed by atoms with van der Waals surface area (Å²) in [6.45, 7) is -2.13. The van der Waals surface area contributed by atoms with Crippen LogP contribution in [0, 0.1) is 0 Å². The minimum Gasteiger partial charge on any atom is -0.384 e. The largest absolute Gasteiger partial charge is 0.490 e. The number of nitrogens with zero attached hydrogens (tertiary/aromatic N) is 7. The van der Waals surface area contributed by atoms with E-state index >= 15 is 0 Å². The van der Waals surface area contributed by atoms with Crippen molar-refractivity contribution in [2.75, 3.05) is 38.9 Å². The first kappa shape index (κ1) is 43.4. The number of aliphatic hydroxyl groups is 1. The molecule has 2 fully saturated rings. The summed E-state index contributed by atoms with van der Waals surface area (Å²) in [7, 11) is -19.1. The lowest BCUT2D eigenvalue weighted by atomic mass is 10.1. The van der Waals surface area contributed by atoms with Crippen LogP contribution in [0.1, 0.15) is 12.5 Å². The highest BCUT2D eigenvalue weighted by Crippen LogP contribution is 2.68. The molecule has 0 amide bonds. The van der Waals surface area contributed by atoms with Gasteiger partial charge in [-0.2, -0.15) is 8.62 Å². The third-order valence-corrected chi connectivity index (χ3v) is 13.1. The van der Waals surface area contributed by atoms with E-state index in [1.54, 1.807) is 0 Å². The second kappa shape index (κ2) is 16.1. The Hall–Kier alpha value is -3.18. The van der Waals surface area contributed by atoms with E-state index in [0.717, 1.165) is 20.5 Å². The number of phosphoric ester groups is 3. The zero-order valence-electron chi connectivity index (χ0n) is 29.2. The summed E-state index contributed by atoms with van der Waals surface area (Å²) in [4.78, 5) is 80.5. The average Bonchev–Trinajstić information content (AvgIpc) is 3.83. The number of imidazole rings is 2. The van der Waals surface area contributed by atoms with Gasteiger partial charge in [-0.25, -0.2) is 37.8 Å². The summed E-state index contributed by atoms with van der Waals surface area (Å²) < 4.78 is 98.6. The third-order valence-electron chi connectivity index (χ3n) is 8.34. The van der Waals surface area contributed by atoms with Crippen molar-refractivity contribution < 1.29 is 93.5 Å². The van der Waals surface area contributed by atoms with Gasteiger partial charge in [0, 0.05) is 14.2 Å². The Morgan fingerprint density at radius 2 is 1.51 bits per heavy atom. The lowest BCUT2D eigenvalue weighted by molar-refractivity contribution is -0.745. The number of ether oxygens (including phenoxy) is 4. The first-order chi connectivity index (χ1) is 26.5. The number of aromatic amines is 1. The number of aliphatic hydroxyl groups excluding tert-OH is 1. The minimum absolute atomic E-state index is 0.0143. The fourth-order valence-electron chi connectivity index (χ4n) is 6.15. The molecule has 4 aromatic rings. The van der Waals surface area contributed by atoms with Gasteiger partial charge in [0.2, 0.25) is 11.7 Å². The molecule has 2 aliphatic rings. The second-order valence-electron chi connectivity index (χ2n) is 12.1. The number of phosphoric acid groups is 4. The Kier molecular flexibility index (Phi) is 12.3. The Labute approximate surface area is 317 Å². The Morgan fingerprint density at radius 1 is 0.895 bits per heavy atom. The molecule has 6 heterocycles. The number of nitrogen functional groups attached to an aromatic ring is 2. The highest BCUT2D eigenvalue weighted by atomic mass is 31.3. The number of aromatic nitrogens is 8. The predicted octanol–water partition coefficient (Wildman–Crippen LogP) is -2.42. The molecule has 30 nitrogen and oxygen atoms in total. The fraction of sp³-hybridized carbons (Fsp3) is 0.565. The standard InChI is InChI=1S/C23H34N10O20P4/c1-31-8-33(19-12(31)20(35)30-23(25)29-19)21-13(34)14(45-2)9(49-21)4-47-55(39,40)52-57(43,44)53-56(41,42)48-5-10-15(51-54(36,37)38)16(46-3)22(50-10)32-7-28-11-17(24)26-6-27-18(11)32/h6-10,13-16,21-22,34H,4-5H2,1-3H3,(H9-,24,25,26,27,29,30,35,36,37,38,39,40,41,42,43,44)/p+1/t9-,10-,13-,14-,15-,16-,21-,22-/m1/s1. The summed E-state index contributed by atoms with van der Waals surface area (Å²) in [5.41, 5.74) is 11.1. The highest BCUT2D eigenvalue weighted by Gasteiger charge is 2.52. The summed E-state index contributed by atoms with van der Waals surface area (Å²) >= 11 is 0. The quantitative estimate of drug-likeness (QED) is 0.0417. The van der Waals surface area contributed by atoms with Gasteiger partial charge in [-0.1, -0.05) is 4.98 Å². The van der Waals surface area contributed by atoms with Crippen molar-refractivity contribution in [1.82, 2.24) is 34.1 Å². The van der Waals surface area contributed by atoms with Crippen molar-refractivity contribution in [3.63, 3.8) is 0 Å². The van der Waals surface area contributed by atoms with E-state index in [0.29, 0.717) is 0 Å². The molecular weight excluding hydrogens is 860 g/mol. The van der Waals surface area contributed by atoms with E-state index in [-0.39, 0.29) is 34.1 Å². The van der Waals surface area contributed by atoms with Gasteiger partial charge < -0.3 is 60.0 Å². The van der Waals surface area contributed by atoms with E-state index in [1.807, 2.05) is 0 Å². The van der Waals surface area contributed by atoms with Crippen molar-refractivity contribution in [3.05, 3.63) is 29.3 Å². The van der Waals surface area contributed by atoms with Crippen LogP contribution < -0.4 is 21.6 Å². The van der Waals surface area contributed by atoms with Crippen molar-refractivity contribution in [2.45, 2.75) is 49.1 Å². The maximum absolute atomic E-state index is 12.8. The molecule has 57 heavy (non-hydrogen) atoms. The predicted molar refractivity (Wildman–Crippen MR) is 182 cm³/mol. The van der Waals surface area contributed by atoms with Crippen LogP contribution in [0.4, 0.5) is 11.8 Å². The molecule has 0 aromatic carbocycles. The van der Waals surface area contributed by atoms with Gasteiger partial charge in [-0.3, -0.25) is 32.5 Å². The maximum atomic E-state index is 12.8. The molecule has 11 atom stereocenters. The van der Waals surface area contributed by atoms with E-state index < -0.39 is 99.1 Å². The van der Waals surface area contributed by atoms with Crippen molar-refractivity contribution in [1.29, 1.82) is 0 Å². The number of hydrogen-bond acceptors (Lipinski definition) is 21. The number of nitrogens with one attached hydrogen (secondary N) is 1. The first-order valence-electron chi connectivity index (χ1n) is 15.7. The number of hydrogen-bond donors (Lipinski definition) is 9. The van der Waals surface area contributed by atoms with Crippen molar-refractivity contribution in [3.8, 4) is 0 Å². The molecular formula is C23H35N10O20P4+. The van der Waals surface area contributed by atoms with E-state index in [9.17, 15) is 52.6 Å². The van der Waals surface area contributed by atoms with Gasteiger partial charge in [0.25, 0.3) is 11.5 Å². The van der Waals surface area contributed by atoms with Gasteiger partial charge in [0.1, 0.15) is 48.5 Å². The average molecular weight is 895 g/mol. The fourth-order valence-corrected chi connectivity index (χ4v) is 10.2. The van der Waals surface area contributed by atoms with Crippen molar-refractivity contribution >= 4 is 65.4 Å². The normalized spacial score (nSPS) is 28.8. The van der Waals surface area contributed by atoms with Crippen LogP contribution in [0.2, 0.25) is 0 Å². The van der Waals surface area contributed by atoms with Crippen molar-refractivity contribution in [2.24, 2.45) is 7.05 Å². The smallest absolute Gasteiger partial charge is 0.384 e. The molecule has 316 valence electrons. The molecule has 0 aliphatic carbocycles. The summed E-state index contributed by atoms with van der Waals surface area (Å²) in [5, 5.41) is 11.0. The third kappa shape index (κ3) is 9.35. The summed E-state index contributed by atoms with van der Waals surface area (Å²) in [6.07, 6.45) is -8.15. The maximum Gasteiger partial charge on any atom is 0.490 e. The van der Waals surface area contributed by atoms with Crippen LogP contribution in [0.25, 0.3) is 22.3 Å². The van der Waals surface area contributed by atoms with Crippen LogP contribution >= 0.6 is 31.3 Å². The molecule has 11 N–H and O–H groups in total. The SMILES string of the molecule is CO[C@@H]1[C@H](OP(=O)(O)O)[C@@H](COP(=O)(O)OP(=O)(O)OP(=O)(O)OC[C@H]2O[C@@H]([n+]3cn(C)c4c(=O)[nH]c(N)nc43)[C@H](O)[C@@H]2OC)O[C@H]1n1cnc2c(N)ncnc21. The lowest BCUT2D eigenvalue weighted by Gasteiger charge is -2.24. The molecule has 2 saturated heterocycles. The molecule has 4 aromatic heterocycles. The Morgan fingerprint density at radius 3 is 2.11 bits per heavy atom. The van der Waals surface area contributed by atoms with Crippen LogP contribution in [0.5, 0.6) is 0 Å². The summed E-state index contributed by atoms with van der Waals surface area (Å²) in [6, 6.07) is 0. The number of fused-ring (bicyclic) bond motifs is 2. The van der Waals surface area contributed by atoms with Crippen LogP contribution in [-0.4, -0.2) is 128 Å². The highest BCUT2D eigenvalue weighted by molar-refractivity contribution is 7.66. The number of methoxy groups -OCH3 is 2. The monoisotopic (exact) mass is 895 g/mol. The van der Waals surface area contributed by atoms with Gasteiger partial charge in [-0.05, 0) is 0 Å². The molecule has 34 heteroatoms. The van der Waals surface area contributed by atoms with Gasteiger partial charge >= 0.3 is 36.9 Å². The molecule has 2 aliphatic heterocycles. The zero-order valence-corrected chi connectivity index (χ0v) is 32.8. The second-order valence-corrected chi connectivity index (χ2v) is 17.9. The lowest BCUT2D eigenvalue weighted by Crippen LogP contribution is -2.46. The number of nitrogens with two attached hydrogens (primary N) is 2. The van der Waals surface area contributed by atoms with Gasteiger partial charge in [-0.15, -0.1) is 0 Å². The number of rotatable bonds is 16. The first-order valence-corrected chi connectivity index (χ1v) is 21.7. The number of anilines is 2. The molecule has 0 saturated carbocycles. The zero-order chi connectivity index (χ0) is 41.8. The van der Waals surface area contributed by atoms with Crippen LogP contribution in [-0.2, 0) is 66.4 Å². The molecule has 0 spiro atoms. The van der Waals surface area contributed by atoms with Crippen LogP contribution in [0.15, 0.2) is 23.8 Å². The Bertz CT molecular complexity index is 2390. The van der Waals surface area contributed by atoms with E-state index in [2.05, 4.69) is 33.5 Å². The van der Waals surface area contributed by atoms with E-state index in [4.69, 9.17) is 44.0 Å². The Balaban J connectivity index is 1.10. The molecule has 0 radical (unpaired) electrons. The molecule has 3 unspecified atom stereocenters. The van der Waals surface area contributed by atoms with Gasteiger partial charge in [0.15, 0.2) is 24.0 Å². The minimum atomic E-state index is -6.05. The molecule has 0 bridgehead atoms. The van der Waals surface area contributed by atoms with Gasteiger partial charge in [0.05, 0.1) is 26.6 Å². The number of aryl methyl sites for hydroxylation is 1. The summed E-state index contributed by atoms with van der Waals surface area (Å²) in [5.74, 6) is -0.284. The molecule has 6 rings (SSSR count). The number of H-pyrrole nitrogens is 1. The topological polar surface area (TPSA) is 423 Å². The van der Waals surface area contributed by atoms with E-state index in [1.165, 1.54) is 33.4 Å². The van der Waals surface area contributed by atoms with Crippen LogP contribution in [0.3, 0.4) is 0 Å².